The highest BCUT2D eigenvalue weighted by atomic mass is 35.5. The maximum Gasteiger partial charge on any atom is 0.138 e. The van der Waals surface area contributed by atoms with Gasteiger partial charge in [0.1, 0.15) is 12.7 Å². The standard InChI is InChI=1S/C15H15ClN4S/c1-10-3-6-15(21-10)11(2)19-13-7-12(16)4-5-14(13)20-9-17-8-18-20/h3-9,11,19H,1-2H3. The van der Waals surface area contributed by atoms with Crippen molar-refractivity contribution in [3.63, 3.8) is 0 Å². The molecule has 0 saturated heterocycles. The number of nitrogens with one attached hydrogen (secondary N) is 1. The van der Waals surface area contributed by atoms with Crippen molar-refractivity contribution in [2.45, 2.75) is 19.9 Å². The van der Waals surface area contributed by atoms with Gasteiger partial charge in [0, 0.05) is 14.8 Å². The number of thiophene rings is 1. The number of rotatable bonds is 4. The number of benzene rings is 1. The van der Waals surface area contributed by atoms with E-state index >= 15 is 0 Å². The number of anilines is 1. The Kier molecular flexibility index (Phi) is 3.94. The van der Waals surface area contributed by atoms with Crippen LogP contribution in [0.2, 0.25) is 5.02 Å². The third-order valence-electron chi connectivity index (χ3n) is 3.18. The van der Waals surface area contributed by atoms with Crippen LogP contribution >= 0.6 is 22.9 Å². The molecule has 1 atom stereocenters. The average molecular weight is 319 g/mol. The van der Waals surface area contributed by atoms with Crippen LogP contribution in [0.5, 0.6) is 0 Å². The second-order valence-electron chi connectivity index (χ2n) is 4.82. The summed E-state index contributed by atoms with van der Waals surface area (Å²) < 4.78 is 1.73. The summed E-state index contributed by atoms with van der Waals surface area (Å²) >= 11 is 7.92. The van der Waals surface area contributed by atoms with Gasteiger partial charge < -0.3 is 5.32 Å². The number of aromatic nitrogens is 3. The first kappa shape index (κ1) is 14.1. The third kappa shape index (κ3) is 3.09. The second-order valence-corrected chi connectivity index (χ2v) is 6.57. The topological polar surface area (TPSA) is 42.7 Å². The van der Waals surface area contributed by atoms with Crippen LogP contribution in [0.1, 0.15) is 22.7 Å². The molecule has 0 saturated carbocycles. The molecule has 0 aliphatic carbocycles. The zero-order chi connectivity index (χ0) is 14.8. The molecule has 0 amide bonds. The Morgan fingerprint density at radius 2 is 2.14 bits per heavy atom. The SMILES string of the molecule is Cc1ccc(C(C)Nc2cc(Cl)ccc2-n2cncn2)s1. The molecule has 0 spiro atoms. The molecule has 0 bridgehead atoms. The Bertz CT molecular complexity index is 736. The van der Waals surface area contributed by atoms with Crippen LogP contribution < -0.4 is 5.32 Å². The average Bonchev–Trinajstić information content (AvgIpc) is 3.10. The first-order chi connectivity index (χ1) is 10.1. The molecule has 0 fully saturated rings. The summed E-state index contributed by atoms with van der Waals surface area (Å²) in [7, 11) is 0. The third-order valence-corrected chi connectivity index (χ3v) is 4.60. The van der Waals surface area contributed by atoms with Gasteiger partial charge in [-0.25, -0.2) is 9.67 Å². The zero-order valence-corrected chi connectivity index (χ0v) is 13.3. The molecule has 1 aromatic carbocycles. The summed E-state index contributed by atoms with van der Waals surface area (Å²) in [5.41, 5.74) is 1.86. The highest BCUT2D eigenvalue weighted by Gasteiger charge is 2.12. The lowest BCUT2D eigenvalue weighted by Crippen LogP contribution is -2.08. The van der Waals surface area contributed by atoms with Crippen LogP contribution in [-0.4, -0.2) is 14.8 Å². The largest absolute Gasteiger partial charge is 0.376 e. The molecule has 3 aromatic rings. The summed E-state index contributed by atoms with van der Waals surface area (Å²) in [4.78, 5) is 6.59. The van der Waals surface area contributed by atoms with Crippen molar-refractivity contribution in [3.05, 3.63) is 57.8 Å². The van der Waals surface area contributed by atoms with E-state index in [1.165, 1.54) is 16.1 Å². The molecule has 1 N–H and O–H groups in total. The van der Waals surface area contributed by atoms with Gasteiger partial charge in [0.05, 0.1) is 17.4 Å². The van der Waals surface area contributed by atoms with Gasteiger partial charge in [-0.2, -0.15) is 5.10 Å². The van der Waals surface area contributed by atoms with E-state index in [-0.39, 0.29) is 6.04 Å². The summed E-state index contributed by atoms with van der Waals surface area (Å²) in [6.07, 6.45) is 3.19. The normalized spacial score (nSPS) is 12.3. The van der Waals surface area contributed by atoms with E-state index in [0.717, 1.165) is 11.4 Å². The molecule has 21 heavy (non-hydrogen) atoms. The van der Waals surface area contributed by atoms with Gasteiger partial charge in [-0.15, -0.1) is 11.3 Å². The summed E-state index contributed by atoms with van der Waals surface area (Å²) in [5.74, 6) is 0. The van der Waals surface area contributed by atoms with Gasteiger partial charge in [0.25, 0.3) is 0 Å². The molecule has 6 heteroatoms. The minimum Gasteiger partial charge on any atom is -0.376 e. The summed E-state index contributed by atoms with van der Waals surface area (Å²) in [5, 5.41) is 8.38. The van der Waals surface area contributed by atoms with Gasteiger partial charge in [-0.1, -0.05) is 11.6 Å². The van der Waals surface area contributed by atoms with Crippen molar-refractivity contribution in [1.82, 2.24) is 14.8 Å². The predicted molar refractivity (Wildman–Crippen MR) is 87.5 cm³/mol. The summed E-state index contributed by atoms with van der Waals surface area (Å²) in [6.45, 7) is 4.25. The van der Waals surface area contributed by atoms with E-state index in [9.17, 15) is 0 Å². The predicted octanol–water partition coefficient (Wildman–Crippen LogP) is 4.46. The van der Waals surface area contributed by atoms with Gasteiger partial charge in [-0.05, 0) is 44.2 Å². The minimum atomic E-state index is 0.199. The molecule has 3 rings (SSSR count). The monoisotopic (exact) mass is 318 g/mol. The maximum absolute atomic E-state index is 6.13. The van der Waals surface area contributed by atoms with Crippen LogP contribution in [0, 0.1) is 6.92 Å². The molecule has 2 aromatic heterocycles. The number of halogens is 1. The lowest BCUT2D eigenvalue weighted by atomic mass is 10.2. The van der Waals surface area contributed by atoms with Gasteiger partial charge in [0.2, 0.25) is 0 Å². The lowest BCUT2D eigenvalue weighted by Gasteiger charge is -2.17. The van der Waals surface area contributed by atoms with Crippen molar-refractivity contribution < 1.29 is 0 Å². The number of nitrogens with zero attached hydrogens (tertiary/aromatic N) is 3. The molecule has 0 aliphatic rings. The molecule has 4 nitrogen and oxygen atoms in total. The maximum atomic E-state index is 6.13. The van der Waals surface area contributed by atoms with E-state index in [1.54, 1.807) is 22.3 Å². The van der Waals surface area contributed by atoms with Crippen LogP contribution in [-0.2, 0) is 0 Å². The molecule has 0 aliphatic heterocycles. The van der Waals surface area contributed by atoms with Crippen molar-refractivity contribution in [2.75, 3.05) is 5.32 Å². The van der Waals surface area contributed by atoms with Gasteiger partial charge in [-0.3, -0.25) is 0 Å². The molecule has 2 heterocycles. The molecular weight excluding hydrogens is 304 g/mol. The fourth-order valence-electron chi connectivity index (χ4n) is 2.15. The molecule has 108 valence electrons. The molecule has 0 radical (unpaired) electrons. The van der Waals surface area contributed by atoms with Crippen LogP contribution in [0.25, 0.3) is 5.69 Å². The van der Waals surface area contributed by atoms with Gasteiger partial charge in [0.15, 0.2) is 0 Å². The van der Waals surface area contributed by atoms with Crippen LogP contribution in [0.3, 0.4) is 0 Å². The van der Waals surface area contributed by atoms with E-state index < -0.39 is 0 Å². The molecular formula is C15H15ClN4S. The van der Waals surface area contributed by atoms with Crippen molar-refractivity contribution >= 4 is 28.6 Å². The van der Waals surface area contributed by atoms with E-state index in [0.29, 0.717) is 5.02 Å². The fraction of sp³-hybridized carbons (Fsp3) is 0.200. The second kappa shape index (κ2) is 5.87. The quantitative estimate of drug-likeness (QED) is 0.772. The van der Waals surface area contributed by atoms with Gasteiger partial charge >= 0.3 is 0 Å². The highest BCUT2D eigenvalue weighted by Crippen LogP contribution is 2.30. The minimum absolute atomic E-state index is 0.199. The lowest BCUT2D eigenvalue weighted by molar-refractivity contribution is 0.860. The first-order valence-electron chi connectivity index (χ1n) is 6.61. The Morgan fingerprint density at radius 1 is 1.29 bits per heavy atom. The highest BCUT2D eigenvalue weighted by molar-refractivity contribution is 7.12. The fourth-order valence-corrected chi connectivity index (χ4v) is 3.20. The van der Waals surface area contributed by atoms with Crippen molar-refractivity contribution in [1.29, 1.82) is 0 Å². The number of hydrogen-bond donors (Lipinski definition) is 1. The Balaban J connectivity index is 1.92. The Hall–Kier alpha value is -1.85. The van der Waals surface area contributed by atoms with Crippen molar-refractivity contribution in [3.8, 4) is 5.69 Å². The zero-order valence-electron chi connectivity index (χ0n) is 11.7. The molecule has 1 unspecified atom stereocenters. The van der Waals surface area contributed by atoms with E-state index in [1.807, 2.05) is 18.2 Å². The van der Waals surface area contributed by atoms with Crippen molar-refractivity contribution in [2.24, 2.45) is 0 Å². The summed E-state index contributed by atoms with van der Waals surface area (Å²) in [6, 6.07) is 10.2. The van der Waals surface area contributed by atoms with Crippen LogP contribution in [0.4, 0.5) is 5.69 Å². The number of aryl methyl sites for hydroxylation is 1. The van der Waals surface area contributed by atoms with E-state index in [4.69, 9.17) is 11.6 Å². The number of hydrogen-bond acceptors (Lipinski definition) is 4. The smallest absolute Gasteiger partial charge is 0.138 e. The van der Waals surface area contributed by atoms with E-state index in [2.05, 4.69) is 41.4 Å². The Morgan fingerprint density at radius 3 is 2.81 bits per heavy atom. The first-order valence-corrected chi connectivity index (χ1v) is 7.80. The van der Waals surface area contributed by atoms with Crippen LogP contribution in [0.15, 0.2) is 43.0 Å². The Labute approximate surface area is 132 Å².